The molecular weight excluding hydrogens is 268 g/mol. The summed E-state index contributed by atoms with van der Waals surface area (Å²) in [6.07, 6.45) is 0. The number of benzene rings is 2. The molecule has 0 N–H and O–H groups in total. The fourth-order valence-electron chi connectivity index (χ4n) is 1.94. The second-order valence-corrected chi connectivity index (χ2v) is 4.73. The number of methoxy groups -OCH3 is 2. The van der Waals surface area contributed by atoms with Gasteiger partial charge in [0.05, 0.1) is 19.8 Å². The molecule has 0 heterocycles. The first kappa shape index (κ1) is 14.9. The minimum atomic E-state index is -0.426. The molecule has 0 aliphatic heterocycles. The highest BCUT2D eigenvalue weighted by Gasteiger charge is 2.14. The van der Waals surface area contributed by atoms with Crippen molar-refractivity contribution in [2.24, 2.45) is 0 Å². The Morgan fingerprint density at radius 3 is 2.24 bits per heavy atom. The molecule has 0 aliphatic rings. The fraction of sp³-hybridized carbons (Fsp3) is 0.235. The van der Waals surface area contributed by atoms with Crippen LogP contribution in [0.15, 0.2) is 36.4 Å². The highest BCUT2D eigenvalue weighted by atomic mass is 16.5. The lowest BCUT2D eigenvalue weighted by Crippen LogP contribution is -2.09. The van der Waals surface area contributed by atoms with Crippen LogP contribution in [0.1, 0.15) is 21.5 Å². The van der Waals surface area contributed by atoms with Gasteiger partial charge in [0.15, 0.2) is 11.5 Å². The van der Waals surface area contributed by atoms with Crippen molar-refractivity contribution >= 4 is 5.97 Å². The van der Waals surface area contributed by atoms with Gasteiger partial charge in [0, 0.05) is 0 Å². The van der Waals surface area contributed by atoms with E-state index in [1.165, 1.54) is 7.11 Å². The van der Waals surface area contributed by atoms with Crippen molar-refractivity contribution in [3.05, 3.63) is 53.1 Å². The van der Waals surface area contributed by atoms with Gasteiger partial charge in [-0.3, -0.25) is 0 Å². The Hall–Kier alpha value is -2.49. The average molecular weight is 286 g/mol. The molecule has 4 heteroatoms. The zero-order valence-corrected chi connectivity index (χ0v) is 12.6. The Balaban J connectivity index is 2.26. The molecule has 0 bridgehead atoms. The molecule has 0 atom stereocenters. The first-order valence-electron chi connectivity index (χ1n) is 6.56. The van der Waals surface area contributed by atoms with Gasteiger partial charge in [0.1, 0.15) is 5.75 Å². The summed E-state index contributed by atoms with van der Waals surface area (Å²) in [5.74, 6) is 1.20. The highest BCUT2D eigenvalue weighted by Crippen LogP contribution is 2.28. The molecule has 2 aromatic carbocycles. The molecule has 2 aromatic rings. The van der Waals surface area contributed by atoms with E-state index in [1.54, 1.807) is 25.3 Å². The third-order valence-electron chi connectivity index (χ3n) is 3.17. The van der Waals surface area contributed by atoms with Gasteiger partial charge in [-0.1, -0.05) is 12.1 Å². The van der Waals surface area contributed by atoms with Crippen LogP contribution in [0.5, 0.6) is 17.2 Å². The molecular formula is C17H18O4. The maximum Gasteiger partial charge on any atom is 0.343 e. The lowest BCUT2D eigenvalue weighted by atomic mass is 10.1. The quantitative estimate of drug-likeness (QED) is 0.637. The lowest BCUT2D eigenvalue weighted by molar-refractivity contribution is 0.0733. The third kappa shape index (κ3) is 3.34. The minimum absolute atomic E-state index is 0.411. The second-order valence-electron chi connectivity index (χ2n) is 4.73. The number of ether oxygens (including phenoxy) is 3. The second kappa shape index (κ2) is 6.31. The summed E-state index contributed by atoms with van der Waals surface area (Å²) in [6.45, 7) is 3.85. The molecule has 21 heavy (non-hydrogen) atoms. The number of aryl methyl sites for hydroxylation is 2. The zero-order valence-electron chi connectivity index (χ0n) is 12.6. The highest BCUT2D eigenvalue weighted by molar-refractivity contribution is 5.92. The van der Waals surface area contributed by atoms with E-state index in [1.807, 2.05) is 32.0 Å². The standard InChI is InChI=1S/C17H18O4/c1-11-5-6-12(2)15(9-11)21-17(18)13-7-8-14(19-3)16(10-13)20-4/h5-10H,1-4H3. The fourth-order valence-corrected chi connectivity index (χ4v) is 1.94. The van der Waals surface area contributed by atoms with Crippen molar-refractivity contribution in [1.82, 2.24) is 0 Å². The van der Waals surface area contributed by atoms with Crippen LogP contribution >= 0.6 is 0 Å². The van der Waals surface area contributed by atoms with Gasteiger partial charge in [0.25, 0.3) is 0 Å². The predicted molar refractivity (Wildman–Crippen MR) is 80.4 cm³/mol. The number of carbonyl (C=O) groups excluding carboxylic acids is 1. The number of esters is 1. The van der Waals surface area contributed by atoms with Crippen molar-refractivity contribution < 1.29 is 19.0 Å². The molecule has 0 spiro atoms. The molecule has 0 amide bonds. The van der Waals surface area contributed by atoms with E-state index in [4.69, 9.17) is 14.2 Å². The van der Waals surface area contributed by atoms with Crippen molar-refractivity contribution in [2.45, 2.75) is 13.8 Å². The Bertz CT molecular complexity index is 662. The Morgan fingerprint density at radius 2 is 1.57 bits per heavy atom. The van der Waals surface area contributed by atoms with Crippen LogP contribution in [0.3, 0.4) is 0 Å². The summed E-state index contributed by atoms with van der Waals surface area (Å²) in [4.78, 5) is 12.2. The van der Waals surface area contributed by atoms with Crippen LogP contribution in [0, 0.1) is 13.8 Å². The normalized spacial score (nSPS) is 10.1. The molecule has 0 radical (unpaired) electrons. The van der Waals surface area contributed by atoms with Crippen LogP contribution in [-0.4, -0.2) is 20.2 Å². The molecule has 110 valence electrons. The van der Waals surface area contributed by atoms with Crippen molar-refractivity contribution in [3.63, 3.8) is 0 Å². The van der Waals surface area contributed by atoms with E-state index in [0.717, 1.165) is 11.1 Å². The van der Waals surface area contributed by atoms with Gasteiger partial charge in [0.2, 0.25) is 0 Å². The maximum absolute atomic E-state index is 12.2. The van der Waals surface area contributed by atoms with Gasteiger partial charge in [-0.25, -0.2) is 4.79 Å². The van der Waals surface area contributed by atoms with Crippen LogP contribution < -0.4 is 14.2 Å². The number of hydrogen-bond acceptors (Lipinski definition) is 4. The van der Waals surface area contributed by atoms with Crippen LogP contribution in [-0.2, 0) is 0 Å². The lowest BCUT2D eigenvalue weighted by Gasteiger charge is -2.11. The summed E-state index contributed by atoms with van der Waals surface area (Å²) < 4.78 is 15.8. The molecule has 0 saturated carbocycles. The molecule has 2 rings (SSSR count). The molecule has 0 aliphatic carbocycles. The summed E-state index contributed by atoms with van der Waals surface area (Å²) in [5.41, 5.74) is 2.36. The molecule has 4 nitrogen and oxygen atoms in total. The van der Waals surface area contributed by atoms with E-state index in [2.05, 4.69) is 0 Å². The van der Waals surface area contributed by atoms with E-state index in [9.17, 15) is 4.79 Å². The molecule has 0 aromatic heterocycles. The third-order valence-corrected chi connectivity index (χ3v) is 3.17. The summed E-state index contributed by atoms with van der Waals surface area (Å²) in [7, 11) is 3.07. The number of hydrogen-bond donors (Lipinski definition) is 0. The van der Waals surface area contributed by atoms with Crippen LogP contribution in [0.25, 0.3) is 0 Å². The van der Waals surface area contributed by atoms with E-state index in [0.29, 0.717) is 22.8 Å². The molecule has 0 unspecified atom stereocenters. The smallest absolute Gasteiger partial charge is 0.343 e. The SMILES string of the molecule is COc1ccc(C(=O)Oc2cc(C)ccc2C)cc1OC. The van der Waals surface area contributed by atoms with Crippen molar-refractivity contribution in [3.8, 4) is 17.2 Å². The predicted octanol–water partition coefficient (Wildman–Crippen LogP) is 3.54. The topological polar surface area (TPSA) is 44.8 Å². The summed E-state index contributed by atoms with van der Waals surface area (Å²) in [5, 5.41) is 0. The first-order valence-corrected chi connectivity index (χ1v) is 6.56. The van der Waals surface area contributed by atoms with Crippen LogP contribution in [0.4, 0.5) is 0 Å². The largest absolute Gasteiger partial charge is 0.493 e. The Labute approximate surface area is 124 Å². The summed E-state index contributed by atoms with van der Waals surface area (Å²) >= 11 is 0. The number of rotatable bonds is 4. The van der Waals surface area contributed by atoms with Gasteiger partial charge >= 0.3 is 5.97 Å². The van der Waals surface area contributed by atoms with Gasteiger partial charge in [-0.15, -0.1) is 0 Å². The van der Waals surface area contributed by atoms with E-state index in [-0.39, 0.29) is 0 Å². The maximum atomic E-state index is 12.2. The zero-order chi connectivity index (χ0) is 15.4. The van der Waals surface area contributed by atoms with Gasteiger partial charge in [-0.2, -0.15) is 0 Å². The Morgan fingerprint density at radius 1 is 0.857 bits per heavy atom. The van der Waals surface area contributed by atoms with E-state index < -0.39 is 5.97 Å². The molecule has 0 fully saturated rings. The van der Waals surface area contributed by atoms with Gasteiger partial charge < -0.3 is 14.2 Å². The average Bonchev–Trinajstić information content (AvgIpc) is 2.50. The minimum Gasteiger partial charge on any atom is -0.493 e. The monoisotopic (exact) mass is 286 g/mol. The summed E-state index contributed by atoms with van der Waals surface area (Å²) in [6, 6.07) is 10.7. The van der Waals surface area contributed by atoms with Crippen molar-refractivity contribution in [2.75, 3.05) is 14.2 Å². The van der Waals surface area contributed by atoms with Crippen LogP contribution in [0.2, 0.25) is 0 Å². The molecule has 0 saturated heterocycles. The van der Waals surface area contributed by atoms with Gasteiger partial charge in [-0.05, 0) is 49.2 Å². The number of carbonyl (C=O) groups is 1. The first-order chi connectivity index (χ1) is 10.0. The van der Waals surface area contributed by atoms with E-state index >= 15 is 0 Å². The Kier molecular flexibility index (Phi) is 4.48. The van der Waals surface area contributed by atoms with Crippen molar-refractivity contribution in [1.29, 1.82) is 0 Å².